The van der Waals surface area contributed by atoms with Crippen molar-refractivity contribution in [2.75, 3.05) is 25.5 Å². The highest BCUT2D eigenvalue weighted by Gasteiger charge is 2.13. The van der Waals surface area contributed by atoms with Crippen LogP contribution in [0.5, 0.6) is 5.75 Å². The molecule has 122 valence electrons. The number of carbonyl (C=O) groups is 1. The van der Waals surface area contributed by atoms with Crippen molar-refractivity contribution in [2.24, 2.45) is 0 Å². The minimum Gasteiger partial charge on any atom is -0.495 e. The molecule has 5 nitrogen and oxygen atoms in total. The van der Waals surface area contributed by atoms with E-state index in [4.69, 9.17) is 16.3 Å². The minimum atomic E-state index is -0.0288. The molecule has 0 bridgehead atoms. The molecule has 1 heterocycles. The summed E-state index contributed by atoms with van der Waals surface area (Å²) in [6, 6.07) is 7.18. The summed E-state index contributed by atoms with van der Waals surface area (Å²) < 4.78 is 5.13. The fourth-order valence-corrected chi connectivity index (χ4v) is 2.49. The predicted molar refractivity (Wildman–Crippen MR) is 92.8 cm³/mol. The Balaban J connectivity index is 2.20. The summed E-state index contributed by atoms with van der Waals surface area (Å²) in [4.78, 5) is 18.3. The van der Waals surface area contributed by atoms with Gasteiger partial charge in [-0.15, -0.1) is 0 Å². The maximum Gasteiger partial charge on any atom is 0.255 e. The maximum absolute atomic E-state index is 12.4. The van der Waals surface area contributed by atoms with Gasteiger partial charge in [-0.2, -0.15) is 0 Å². The molecule has 2 rings (SSSR count). The Morgan fingerprint density at radius 1 is 1.22 bits per heavy atom. The van der Waals surface area contributed by atoms with Crippen LogP contribution in [-0.2, 0) is 0 Å². The third-order valence-corrected chi connectivity index (χ3v) is 3.77. The van der Waals surface area contributed by atoms with E-state index in [1.54, 1.807) is 42.6 Å². The Morgan fingerprint density at radius 2 is 1.96 bits per heavy atom. The van der Waals surface area contributed by atoms with Crippen LogP contribution in [0.2, 0.25) is 5.02 Å². The van der Waals surface area contributed by atoms with Gasteiger partial charge in [-0.25, -0.2) is 0 Å². The molecule has 1 amide bonds. The average molecular weight is 334 g/mol. The lowest BCUT2D eigenvalue weighted by atomic mass is 10.2. The van der Waals surface area contributed by atoms with Crippen molar-refractivity contribution < 1.29 is 9.53 Å². The van der Waals surface area contributed by atoms with E-state index < -0.39 is 0 Å². The number of methoxy groups -OCH3 is 1. The van der Waals surface area contributed by atoms with Crippen molar-refractivity contribution in [3.63, 3.8) is 0 Å². The molecular weight excluding hydrogens is 314 g/mol. The van der Waals surface area contributed by atoms with Crippen LogP contribution in [0.25, 0.3) is 0 Å². The van der Waals surface area contributed by atoms with E-state index in [2.05, 4.69) is 10.3 Å². The highest BCUT2D eigenvalue weighted by Crippen LogP contribution is 2.28. The van der Waals surface area contributed by atoms with Crippen LogP contribution < -0.4 is 10.1 Å². The molecular formula is C17H20ClN3O2. The van der Waals surface area contributed by atoms with E-state index in [1.165, 1.54) is 0 Å². The molecule has 0 unspecified atom stereocenters. The fraction of sp³-hybridized carbons (Fsp3) is 0.294. The van der Waals surface area contributed by atoms with Gasteiger partial charge in [0.15, 0.2) is 0 Å². The normalized spacial score (nSPS) is 10.3. The van der Waals surface area contributed by atoms with E-state index in [1.807, 2.05) is 19.9 Å². The second-order valence-corrected chi connectivity index (χ2v) is 5.32. The number of nitrogens with one attached hydrogen (secondary N) is 1. The van der Waals surface area contributed by atoms with Crippen LogP contribution in [-0.4, -0.2) is 36.0 Å². The molecule has 0 spiro atoms. The largest absolute Gasteiger partial charge is 0.495 e. The number of anilines is 2. The number of nitrogens with zero attached hydrogens (tertiary/aromatic N) is 2. The van der Waals surface area contributed by atoms with Crippen molar-refractivity contribution in [3.8, 4) is 5.75 Å². The first kappa shape index (κ1) is 17.1. The molecule has 1 aromatic carbocycles. The Morgan fingerprint density at radius 3 is 2.57 bits per heavy atom. The highest BCUT2D eigenvalue weighted by atomic mass is 35.5. The Hall–Kier alpha value is -2.27. The fourth-order valence-electron chi connectivity index (χ4n) is 2.23. The lowest BCUT2D eigenvalue weighted by Gasteiger charge is -2.18. The highest BCUT2D eigenvalue weighted by molar-refractivity contribution is 6.32. The van der Waals surface area contributed by atoms with E-state index in [0.717, 1.165) is 11.4 Å². The summed E-state index contributed by atoms with van der Waals surface area (Å²) in [7, 11) is 1.57. The SMILES string of the molecule is CCN(CC)C(=O)c1cncc(Nc2ccc(OC)c(Cl)c2)c1. The minimum absolute atomic E-state index is 0.0288. The molecule has 6 heteroatoms. The van der Waals surface area contributed by atoms with Crippen molar-refractivity contribution in [3.05, 3.63) is 47.2 Å². The van der Waals surface area contributed by atoms with Gasteiger partial charge in [0, 0.05) is 25.0 Å². The van der Waals surface area contributed by atoms with E-state index in [9.17, 15) is 4.79 Å². The molecule has 0 aliphatic carbocycles. The number of hydrogen-bond acceptors (Lipinski definition) is 4. The number of rotatable bonds is 6. The molecule has 2 aromatic rings. The molecule has 1 aromatic heterocycles. The number of ether oxygens (including phenoxy) is 1. The Labute approximate surface area is 141 Å². The average Bonchev–Trinajstić information content (AvgIpc) is 2.56. The van der Waals surface area contributed by atoms with Crippen LogP contribution in [0, 0.1) is 0 Å². The molecule has 0 saturated heterocycles. The number of carbonyl (C=O) groups excluding carboxylic acids is 1. The van der Waals surface area contributed by atoms with Gasteiger partial charge in [-0.05, 0) is 38.1 Å². The van der Waals surface area contributed by atoms with Gasteiger partial charge in [0.1, 0.15) is 5.75 Å². The van der Waals surface area contributed by atoms with Gasteiger partial charge in [0.05, 0.1) is 29.6 Å². The van der Waals surface area contributed by atoms with Gasteiger partial charge < -0.3 is 15.0 Å². The van der Waals surface area contributed by atoms with Crippen molar-refractivity contribution in [1.82, 2.24) is 9.88 Å². The number of pyridine rings is 1. The smallest absolute Gasteiger partial charge is 0.255 e. The molecule has 0 atom stereocenters. The van der Waals surface area contributed by atoms with Crippen LogP contribution in [0.4, 0.5) is 11.4 Å². The molecule has 0 fully saturated rings. The Kier molecular flexibility index (Phi) is 5.82. The molecule has 0 saturated carbocycles. The van der Waals surface area contributed by atoms with Gasteiger partial charge >= 0.3 is 0 Å². The molecule has 1 N–H and O–H groups in total. The van der Waals surface area contributed by atoms with Gasteiger partial charge in [-0.3, -0.25) is 9.78 Å². The standard InChI is InChI=1S/C17H20ClN3O2/c1-4-21(5-2)17(22)12-8-14(11-19-10-12)20-13-6-7-16(23-3)15(18)9-13/h6-11,20H,4-5H2,1-3H3. The second-order valence-electron chi connectivity index (χ2n) is 4.91. The summed E-state index contributed by atoms with van der Waals surface area (Å²) in [5, 5.41) is 3.71. The maximum atomic E-state index is 12.4. The monoisotopic (exact) mass is 333 g/mol. The first-order valence-corrected chi connectivity index (χ1v) is 7.81. The van der Waals surface area contributed by atoms with Crippen LogP contribution in [0.15, 0.2) is 36.7 Å². The zero-order valence-electron chi connectivity index (χ0n) is 13.5. The number of benzene rings is 1. The zero-order chi connectivity index (χ0) is 16.8. The lowest BCUT2D eigenvalue weighted by Crippen LogP contribution is -2.30. The van der Waals surface area contributed by atoms with Crippen LogP contribution in [0.1, 0.15) is 24.2 Å². The third-order valence-electron chi connectivity index (χ3n) is 3.48. The van der Waals surface area contributed by atoms with Crippen molar-refractivity contribution in [2.45, 2.75) is 13.8 Å². The number of amides is 1. The first-order valence-electron chi connectivity index (χ1n) is 7.43. The molecule has 0 aliphatic heterocycles. The topological polar surface area (TPSA) is 54.5 Å². The molecule has 0 aliphatic rings. The van der Waals surface area contributed by atoms with E-state index >= 15 is 0 Å². The lowest BCUT2D eigenvalue weighted by molar-refractivity contribution is 0.0772. The summed E-state index contributed by atoms with van der Waals surface area (Å²) in [6.45, 7) is 5.24. The first-order chi connectivity index (χ1) is 11.1. The van der Waals surface area contributed by atoms with Crippen molar-refractivity contribution in [1.29, 1.82) is 0 Å². The predicted octanol–water partition coefficient (Wildman–Crippen LogP) is 3.97. The summed E-state index contributed by atoms with van der Waals surface area (Å²) in [6.07, 6.45) is 3.24. The number of halogens is 1. The van der Waals surface area contributed by atoms with E-state index in [-0.39, 0.29) is 5.91 Å². The van der Waals surface area contributed by atoms with Crippen molar-refractivity contribution >= 4 is 28.9 Å². The van der Waals surface area contributed by atoms with E-state index in [0.29, 0.717) is 29.4 Å². The van der Waals surface area contributed by atoms with Crippen LogP contribution in [0.3, 0.4) is 0 Å². The summed E-state index contributed by atoms with van der Waals surface area (Å²) >= 11 is 6.12. The number of aromatic nitrogens is 1. The zero-order valence-corrected chi connectivity index (χ0v) is 14.2. The number of hydrogen-bond donors (Lipinski definition) is 1. The molecule has 0 radical (unpaired) electrons. The van der Waals surface area contributed by atoms with Crippen LogP contribution >= 0.6 is 11.6 Å². The second kappa shape index (κ2) is 7.83. The van der Waals surface area contributed by atoms with Gasteiger partial charge in [-0.1, -0.05) is 11.6 Å². The van der Waals surface area contributed by atoms with Gasteiger partial charge in [0.2, 0.25) is 0 Å². The third kappa shape index (κ3) is 4.13. The Bertz CT molecular complexity index is 687. The molecule has 23 heavy (non-hydrogen) atoms. The summed E-state index contributed by atoms with van der Waals surface area (Å²) in [5.41, 5.74) is 2.08. The summed E-state index contributed by atoms with van der Waals surface area (Å²) in [5.74, 6) is 0.583. The quantitative estimate of drug-likeness (QED) is 0.869. The van der Waals surface area contributed by atoms with Gasteiger partial charge in [0.25, 0.3) is 5.91 Å².